The van der Waals surface area contributed by atoms with Crippen LogP contribution in [0.1, 0.15) is 134 Å². The summed E-state index contributed by atoms with van der Waals surface area (Å²) in [4.78, 5) is 71.0. The average Bonchev–Trinajstić information content (AvgIpc) is 0.793. The number of aliphatic hydroxyl groups excluding tert-OH is 9. The van der Waals surface area contributed by atoms with E-state index in [9.17, 15) is 75.0 Å². The maximum Gasteiger partial charge on any atom is 0.308 e. The van der Waals surface area contributed by atoms with E-state index in [4.69, 9.17) is 18.9 Å². The first-order valence-corrected chi connectivity index (χ1v) is 33.7. The van der Waals surface area contributed by atoms with Gasteiger partial charge in [0.05, 0.1) is 79.4 Å². The Kier molecular flexibility index (Phi) is 35.0. The Hall–Kier alpha value is -5.65. The topological polar surface area (TPSA) is 367 Å². The molecule has 0 spiro atoms. The zero-order chi connectivity index (χ0) is 69.6. The molecule has 1 aromatic carbocycles. The molecule has 2 amide bonds. The van der Waals surface area contributed by atoms with Gasteiger partial charge in [-0.3, -0.25) is 24.0 Å². The zero-order valence-electron chi connectivity index (χ0n) is 56.2. The number of rotatable bonds is 18. The molecule has 24 heteroatoms. The number of nitrogens with one attached hydrogen (secondary N) is 3. The van der Waals surface area contributed by atoms with Gasteiger partial charge in [-0.15, -0.1) is 0 Å². The second-order valence-corrected chi connectivity index (χ2v) is 26.3. The highest BCUT2D eigenvalue weighted by Crippen LogP contribution is 2.38. The average molecular weight is 1340 g/mol. The van der Waals surface area contributed by atoms with Gasteiger partial charge in [0.25, 0.3) is 0 Å². The third-order valence-corrected chi connectivity index (χ3v) is 17.6. The summed E-state index contributed by atoms with van der Waals surface area (Å²) in [5.74, 6) is -6.98. The first-order chi connectivity index (χ1) is 45.2. The second kappa shape index (κ2) is 41.6. The van der Waals surface area contributed by atoms with Crippen molar-refractivity contribution in [3.8, 4) is 0 Å². The van der Waals surface area contributed by atoms with Crippen molar-refractivity contribution in [2.75, 3.05) is 59.2 Å². The smallest absolute Gasteiger partial charge is 0.308 e. The van der Waals surface area contributed by atoms with Crippen LogP contribution in [0.25, 0.3) is 0 Å². The highest BCUT2D eigenvalue weighted by Gasteiger charge is 2.51. The van der Waals surface area contributed by atoms with Crippen LogP contribution >= 0.6 is 0 Å². The highest BCUT2D eigenvalue weighted by molar-refractivity contribution is 5.96. The molecule has 3 fully saturated rings. The molecule has 13 N–H and O–H groups in total. The summed E-state index contributed by atoms with van der Waals surface area (Å²) in [6.45, 7) is 8.16. The van der Waals surface area contributed by atoms with Crippen LogP contribution in [0, 0.1) is 17.8 Å². The van der Waals surface area contributed by atoms with Gasteiger partial charge in [-0.1, -0.05) is 105 Å². The monoisotopic (exact) mass is 1340 g/mol. The van der Waals surface area contributed by atoms with Gasteiger partial charge in [0.1, 0.15) is 24.1 Å². The number of amides is 2. The Morgan fingerprint density at radius 3 is 1.94 bits per heavy atom. The number of ether oxygens (including phenoxy) is 4. The van der Waals surface area contributed by atoms with Crippen LogP contribution in [0.3, 0.4) is 0 Å². The van der Waals surface area contributed by atoms with E-state index in [0.717, 1.165) is 38.0 Å². The number of esters is 1. The molecule has 0 aliphatic carbocycles. The summed E-state index contributed by atoms with van der Waals surface area (Å²) in [6.07, 6.45) is 5.77. The molecule has 0 radical (unpaired) electrons. The van der Waals surface area contributed by atoms with Gasteiger partial charge in [-0.2, -0.15) is 0 Å². The molecular formula is C71H109N5O19. The second-order valence-electron chi connectivity index (χ2n) is 26.3. The Balaban J connectivity index is 1.38. The lowest BCUT2D eigenvalue weighted by Gasteiger charge is -2.46. The summed E-state index contributed by atoms with van der Waals surface area (Å²) in [6, 6.07) is 5.71. The van der Waals surface area contributed by atoms with Crippen LogP contribution in [-0.4, -0.2) is 242 Å². The number of benzene rings is 1. The van der Waals surface area contributed by atoms with Crippen LogP contribution in [0.5, 0.6) is 0 Å². The van der Waals surface area contributed by atoms with Crippen LogP contribution in [0.15, 0.2) is 109 Å². The number of carbonyl (C=O) groups excluding carboxylic acids is 5. The molecule has 0 saturated carbocycles. The standard InChI is InChI=1S/C71H109N5O19/c1-46-22-18-15-13-11-9-7-8-10-12-14-16-19-23-58(93-70-67(89)65(66(88)48(3)92-70)74-62(86)30-34-76-32-20-17-21-33-76)43-61-64(69(90)73-31-35-75(5)6)60(85)45-71(91,95-61)44-57(83)40-55(81)38-53(79)36-52(78)37-54(80)39-56(82)42-63(87)94-68(46)47(2)24-29-51(77)41-59(84)49-25-27-50(72-4)28-26-49/h7-16,18-19,22-23,25-28,46-48,51-53,55-58,60-61,64-68,70,72,77-79,81-83,85,88-89,91H,17,20-21,24,29-45H2,1-6H3,(H,73,90)(H,74,86)/t46?,47?,48-,51?,52?,53?,55?,56?,57?,58?,60?,61?,64?,65+,66-,67+,68?,70+,71?/m1/s1. The molecule has 4 heterocycles. The number of cyclic esters (lactones) is 1. The van der Waals surface area contributed by atoms with Crippen LogP contribution in [0.4, 0.5) is 5.69 Å². The molecule has 5 rings (SSSR count). The normalized spacial score (nSPS) is 32.7. The lowest BCUT2D eigenvalue weighted by molar-refractivity contribution is -0.307. The molecule has 2 bridgehead atoms. The van der Waals surface area contributed by atoms with Crippen LogP contribution in [-0.2, 0) is 38.1 Å². The summed E-state index contributed by atoms with van der Waals surface area (Å²) in [7, 11) is 5.40. The van der Waals surface area contributed by atoms with E-state index in [-0.39, 0.29) is 62.2 Å². The lowest BCUT2D eigenvalue weighted by atomic mass is 9.82. The van der Waals surface area contributed by atoms with Gasteiger partial charge >= 0.3 is 5.97 Å². The fraction of sp³-hybridized carbons (Fsp3) is 0.648. The molecule has 4 aliphatic rings. The van der Waals surface area contributed by atoms with Gasteiger partial charge in [-0.25, -0.2) is 0 Å². The first kappa shape index (κ1) is 80.0. The van der Waals surface area contributed by atoms with E-state index >= 15 is 0 Å². The SMILES string of the molecule is CNc1ccc(C(=O)CC(O)CCC(C)C2OC(=O)CC(O)CC(=O)CC(O)CC(O)CC(O)CC(O)CC3(O)CC(O)C(C(=O)NCCN(C)C)C(CC(O[C@@H]4O[C@H](C)[C@@H](O)[C@H](NC(=O)CCN5CCCCC5)[C@@H]4O)C=CC=CC=CC=CC=CC=CC=CC2C)O3)cc1. The van der Waals surface area contributed by atoms with Crippen molar-refractivity contribution in [1.82, 2.24) is 20.4 Å². The molecule has 19 atom stereocenters. The Morgan fingerprint density at radius 1 is 0.726 bits per heavy atom. The number of fused-ring (bicyclic) bond motifs is 2. The summed E-state index contributed by atoms with van der Waals surface area (Å²) < 4.78 is 24.8. The molecule has 1 aromatic rings. The van der Waals surface area contributed by atoms with Crippen LogP contribution < -0.4 is 16.0 Å². The van der Waals surface area contributed by atoms with E-state index in [1.54, 1.807) is 117 Å². The van der Waals surface area contributed by atoms with Crippen molar-refractivity contribution in [2.45, 2.75) is 221 Å². The molecule has 3 saturated heterocycles. The third kappa shape index (κ3) is 29.1. The van der Waals surface area contributed by atoms with E-state index < -0.39 is 166 Å². The van der Waals surface area contributed by atoms with Crippen LogP contribution in [0.2, 0.25) is 0 Å². The molecule has 95 heavy (non-hydrogen) atoms. The summed E-state index contributed by atoms with van der Waals surface area (Å²) in [5.41, 5.74) is 1.30. The molecule has 0 aromatic heterocycles. The fourth-order valence-electron chi connectivity index (χ4n) is 12.4. The minimum Gasteiger partial charge on any atom is -0.461 e. The number of ketones is 2. The molecular weight excluding hydrogens is 1230 g/mol. The first-order valence-electron chi connectivity index (χ1n) is 33.7. The predicted octanol–water partition coefficient (Wildman–Crippen LogP) is 3.37. The maximum atomic E-state index is 14.1. The van der Waals surface area contributed by atoms with Crippen molar-refractivity contribution in [1.29, 1.82) is 0 Å². The minimum absolute atomic E-state index is 0.108. The predicted molar refractivity (Wildman–Crippen MR) is 358 cm³/mol. The Labute approximate surface area is 560 Å². The van der Waals surface area contributed by atoms with Crippen molar-refractivity contribution in [3.63, 3.8) is 0 Å². The van der Waals surface area contributed by atoms with E-state index in [2.05, 4.69) is 20.9 Å². The van der Waals surface area contributed by atoms with Crippen molar-refractivity contribution < 1.29 is 94.0 Å². The molecule has 532 valence electrons. The number of Topliss-reactive ketones (excluding diaryl/α,β-unsaturated/α-hetero) is 2. The third-order valence-electron chi connectivity index (χ3n) is 17.6. The molecule has 14 unspecified atom stereocenters. The van der Waals surface area contributed by atoms with Crippen molar-refractivity contribution in [2.24, 2.45) is 17.8 Å². The summed E-state index contributed by atoms with van der Waals surface area (Å²) in [5, 5.41) is 122. The fourth-order valence-corrected chi connectivity index (χ4v) is 12.4. The largest absolute Gasteiger partial charge is 0.461 e. The van der Waals surface area contributed by atoms with Gasteiger partial charge < -0.3 is 95.8 Å². The number of nitrogens with zero attached hydrogens (tertiary/aromatic N) is 2. The highest BCUT2D eigenvalue weighted by atomic mass is 16.7. The van der Waals surface area contributed by atoms with E-state index in [1.165, 1.54) is 0 Å². The number of hydrogen-bond donors (Lipinski definition) is 13. The van der Waals surface area contributed by atoms with E-state index in [0.29, 0.717) is 25.1 Å². The maximum absolute atomic E-state index is 14.1. The number of carbonyl (C=O) groups is 5. The van der Waals surface area contributed by atoms with Gasteiger partial charge in [0, 0.05) is 88.8 Å². The number of aliphatic hydroxyl groups is 10. The number of likely N-dealkylation sites (N-methyl/N-ethyl adjacent to an activating group) is 1. The quantitative estimate of drug-likeness (QED) is 0.0740. The Morgan fingerprint density at radius 2 is 1.32 bits per heavy atom. The summed E-state index contributed by atoms with van der Waals surface area (Å²) >= 11 is 0. The number of likely N-dealkylation sites (tertiary alicyclic amines) is 1. The van der Waals surface area contributed by atoms with Gasteiger partial charge in [0.15, 0.2) is 17.9 Å². The lowest BCUT2D eigenvalue weighted by Crippen LogP contribution is -2.64. The zero-order valence-corrected chi connectivity index (χ0v) is 56.2. The van der Waals surface area contributed by atoms with Gasteiger partial charge in [0.2, 0.25) is 11.8 Å². The van der Waals surface area contributed by atoms with Crippen molar-refractivity contribution >= 4 is 35.0 Å². The number of hydrogen-bond acceptors (Lipinski definition) is 22. The molecule has 4 aliphatic heterocycles. The molecule has 24 nitrogen and oxygen atoms in total. The Bertz CT molecular complexity index is 2720. The van der Waals surface area contributed by atoms with Gasteiger partial charge in [-0.05, 0) is 109 Å². The van der Waals surface area contributed by atoms with Crippen molar-refractivity contribution in [3.05, 3.63) is 115 Å². The number of anilines is 1. The van der Waals surface area contributed by atoms with E-state index in [1.807, 2.05) is 38.9 Å². The number of allylic oxidation sites excluding steroid dienone is 12. The minimum atomic E-state index is -2.32. The number of piperidine rings is 1.